The van der Waals surface area contributed by atoms with E-state index in [9.17, 15) is 17.6 Å². The molecule has 1 N–H and O–H groups in total. The minimum absolute atomic E-state index is 0.128. The SMILES string of the molecule is CS(=O)(=O)c1ccc2c(c1)CC[N+](C(=O)N[C@@H]1CN3CCC1CC3)=C[C@@H]2c1ccc(F)cc1. The highest BCUT2D eigenvalue weighted by molar-refractivity contribution is 7.90. The molecule has 0 saturated carbocycles. The van der Waals surface area contributed by atoms with E-state index < -0.39 is 9.84 Å². The lowest BCUT2D eigenvalue weighted by atomic mass is 9.84. The van der Waals surface area contributed by atoms with Gasteiger partial charge in [0.2, 0.25) is 0 Å². The average molecular weight is 471 g/mol. The highest BCUT2D eigenvalue weighted by Crippen LogP contribution is 2.31. The number of nitrogens with zero attached hydrogens (tertiary/aromatic N) is 2. The van der Waals surface area contributed by atoms with E-state index in [-0.39, 0.29) is 28.7 Å². The molecule has 8 heteroatoms. The van der Waals surface area contributed by atoms with E-state index in [1.807, 2.05) is 12.3 Å². The number of hydrogen-bond donors (Lipinski definition) is 1. The third kappa shape index (κ3) is 4.59. The summed E-state index contributed by atoms with van der Waals surface area (Å²) >= 11 is 0. The predicted octanol–water partition coefficient (Wildman–Crippen LogP) is 2.80. The van der Waals surface area contributed by atoms with Crippen molar-refractivity contribution in [3.05, 3.63) is 65.0 Å². The first-order chi connectivity index (χ1) is 15.8. The zero-order chi connectivity index (χ0) is 23.2. The molecule has 0 unspecified atom stereocenters. The van der Waals surface area contributed by atoms with Crippen molar-refractivity contribution in [2.75, 3.05) is 32.4 Å². The molecule has 174 valence electrons. The largest absolute Gasteiger partial charge is 0.491 e. The van der Waals surface area contributed by atoms with E-state index in [0.717, 1.165) is 49.2 Å². The van der Waals surface area contributed by atoms with E-state index in [1.54, 1.807) is 28.8 Å². The van der Waals surface area contributed by atoms with Crippen molar-refractivity contribution >= 4 is 22.1 Å². The standard InChI is InChI=1S/C25H28FN3O3S/c1-33(31,32)21-6-7-22-19(14-21)10-13-29(15-23(22)17-2-4-20(26)5-3-17)25(30)27-24-16-28-11-8-18(24)9-12-28/h2-7,14-15,18,23-24H,8-13,16H2,1H3/p+1/t23-,24-/m1/s1. The van der Waals surface area contributed by atoms with Crippen LogP contribution < -0.4 is 5.32 Å². The number of urea groups is 1. The van der Waals surface area contributed by atoms with Gasteiger partial charge >= 0.3 is 6.03 Å². The smallest absolute Gasteiger partial charge is 0.299 e. The molecule has 2 aromatic rings. The van der Waals surface area contributed by atoms with Crippen LogP contribution in [0.5, 0.6) is 0 Å². The summed E-state index contributed by atoms with van der Waals surface area (Å²) in [6, 6.07) is 11.4. The lowest BCUT2D eigenvalue weighted by Gasteiger charge is -2.42. The number of carbonyl (C=O) groups is 1. The lowest BCUT2D eigenvalue weighted by molar-refractivity contribution is -0.425. The minimum atomic E-state index is -3.35. The van der Waals surface area contributed by atoms with Crippen LogP contribution in [0, 0.1) is 11.7 Å². The summed E-state index contributed by atoms with van der Waals surface area (Å²) in [4.78, 5) is 16.0. The second-order valence-corrected chi connectivity index (χ2v) is 11.5. The summed E-state index contributed by atoms with van der Waals surface area (Å²) in [5, 5.41) is 3.25. The van der Waals surface area contributed by atoms with Gasteiger partial charge in [0.25, 0.3) is 0 Å². The van der Waals surface area contributed by atoms with Gasteiger partial charge in [0.05, 0.1) is 23.6 Å². The van der Waals surface area contributed by atoms with Crippen LogP contribution in [0.25, 0.3) is 0 Å². The van der Waals surface area contributed by atoms with E-state index in [0.29, 0.717) is 18.9 Å². The van der Waals surface area contributed by atoms with Crippen LogP contribution in [-0.2, 0) is 16.3 Å². The van der Waals surface area contributed by atoms with Gasteiger partial charge in [-0.15, -0.1) is 0 Å². The maximum atomic E-state index is 13.6. The summed E-state index contributed by atoms with van der Waals surface area (Å²) in [6.45, 7) is 3.56. The third-order valence-electron chi connectivity index (χ3n) is 7.28. The van der Waals surface area contributed by atoms with Crippen LogP contribution in [0.2, 0.25) is 0 Å². The number of amides is 2. The Balaban J connectivity index is 1.48. The van der Waals surface area contributed by atoms with Crippen molar-refractivity contribution in [1.82, 2.24) is 10.2 Å². The van der Waals surface area contributed by atoms with Crippen molar-refractivity contribution in [3.63, 3.8) is 0 Å². The second kappa shape index (κ2) is 8.65. The molecule has 0 radical (unpaired) electrons. The van der Waals surface area contributed by atoms with Gasteiger partial charge in [-0.25, -0.2) is 22.7 Å². The van der Waals surface area contributed by atoms with Gasteiger partial charge in [-0.2, -0.15) is 4.79 Å². The lowest BCUT2D eigenvalue weighted by Crippen LogP contribution is -2.58. The number of hydrogen-bond acceptors (Lipinski definition) is 4. The van der Waals surface area contributed by atoms with Gasteiger partial charge < -0.3 is 0 Å². The van der Waals surface area contributed by atoms with E-state index in [4.69, 9.17) is 0 Å². The summed E-state index contributed by atoms with van der Waals surface area (Å²) < 4.78 is 39.6. The monoisotopic (exact) mass is 470 g/mol. The first-order valence-corrected chi connectivity index (χ1v) is 13.4. The molecule has 6 rings (SSSR count). The zero-order valence-electron chi connectivity index (χ0n) is 18.7. The van der Waals surface area contributed by atoms with Gasteiger partial charge in [-0.05, 0) is 66.9 Å². The fourth-order valence-corrected chi connectivity index (χ4v) is 6.06. The Morgan fingerprint density at radius 3 is 2.48 bits per heavy atom. The summed E-state index contributed by atoms with van der Waals surface area (Å²) in [5.74, 6) is -0.0840. The van der Waals surface area contributed by atoms with Gasteiger partial charge in [-0.3, -0.25) is 4.90 Å². The van der Waals surface area contributed by atoms with Crippen LogP contribution in [0.4, 0.5) is 9.18 Å². The minimum Gasteiger partial charge on any atom is -0.299 e. The molecule has 0 aliphatic carbocycles. The molecule has 0 spiro atoms. The molecular weight excluding hydrogens is 441 g/mol. The van der Waals surface area contributed by atoms with E-state index in [1.165, 1.54) is 18.4 Å². The van der Waals surface area contributed by atoms with Gasteiger partial charge in [0.15, 0.2) is 9.84 Å². The number of nitrogens with one attached hydrogen (secondary N) is 1. The molecule has 2 amide bonds. The average Bonchev–Trinajstić information content (AvgIpc) is 2.99. The highest BCUT2D eigenvalue weighted by atomic mass is 32.2. The van der Waals surface area contributed by atoms with Crippen LogP contribution in [-0.4, -0.2) is 68.6 Å². The summed E-state index contributed by atoms with van der Waals surface area (Å²) in [5.41, 5.74) is 2.68. The van der Waals surface area contributed by atoms with Crippen molar-refractivity contribution in [2.24, 2.45) is 5.92 Å². The number of piperidine rings is 3. The Morgan fingerprint density at radius 1 is 1.12 bits per heavy atom. The Morgan fingerprint density at radius 2 is 1.85 bits per heavy atom. The quantitative estimate of drug-likeness (QED) is 0.701. The number of carbonyl (C=O) groups excluding carboxylic acids is 1. The number of rotatable bonds is 3. The molecule has 4 aliphatic heterocycles. The van der Waals surface area contributed by atoms with Crippen LogP contribution in [0.15, 0.2) is 47.4 Å². The van der Waals surface area contributed by atoms with E-state index >= 15 is 0 Å². The predicted molar refractivity (Wildman–Crippen MR) is 124 cm³/mol. The number of fused-ring (bicyclic) bond motifs is 4. The van der Waals surface area contributed by atoms with Crippen LogP contribution in [0.1, 0.15) is 35.4 Å². The topological polar surface area (TPSA) is 69.5 Å². The molecule has 2 aromatic carbocycles. The van der Waals surface area contributed by atoms with Crippen LogP contribution in [0.3, 0.4) is 0 Å². The van der Waals surface area contributed by atoms with E-state index in [2.05, 4.69) is 10.2 Å². The maximum Gasteiger partial charge on any atom is 0.491 e. The van der Waals surface area contributed by atoms with Crippen molar-refractivity contribution in [2.45, 2.75) is 36.1 Å². The number of benzene rings is 2. The summed E-state index contributed by atoms with van der Waals surface area (Å²) in [6.07, 6.45) is 5.87. The maximum absolute atomic E-state index is 13.6. The molecule has 2 bridgehead atoms. The Kier molecular flexibility index (Phi) is 5.82. The normalized spacial score (nSPS) is 26.8. The van der Waals surface area contributed by atoms with Crippen molar-refractivity contribution in [1.29, 1.82) is 0 Å². The molecule has 33 heavy (non-hydrogen) atoms. The van der Waals surface area contributed by atoms with Crippen LogP contribution >= 0.6 is 0 Å². The first kappa shape index (κ1) is 22.2. The van der Waals surface area contributed by atoms with Gasteiger partial charge in [0.1, 0.15) is 11.9 Å². The molecule has 4 heterocycles. The number of halogens is 1. The molecule has 2 atom stereocenters. The Hall–Kier alpha value is -2.58. The van der Waals surface area contributed by atoms with Crippen molar-refractivity contribution in [3.8, 4) is 0 Å². The van der Waals surface area contributed by atoms with Gasteiger partial charge in [0, 0.05) is 25.1 Å². The summed E-state index contributed by atoms with van der Waals surface area (Å²) in [7, 11) is -3.35. The van der Waals surface area contributed by atoms with Gasteiger partial charge in [-0.1, -0.05) is 18.2 Å². The molecule has 6 nitrogen and oxygen atoms in total. The van der Waals surface area contributed by atoms with Crippen molar-refractivity contribution < 1.29 is 22.2 Å². The molecule has 3 fully saturated rings. The number of sulfone groups is 1. The second-order valence-electron chi connectivity index (χ2n) is 9.45. The molecule has 0 aromatic heterocycles. The zero-order valence-corrected chi connectivity index (χ0v) is 19.5. The third-order valence-corrected chi connectivity index (χ3v) is 8.39. The Bertz CT molecular complexity index is 1200. The fraction of sp³-hybridized carbons (Fsp3) is 0.440. The molecule has 3 saturated heterocycles. The molecular formula is C25H29FN3O3S+. The Labute approximate surface area is 194 Å². The first-order valence-electron chi connectivity index (χ1n) is 11.5. The fourth-order valence-electron chi connectivity index (χ4n) is 5.38. The molecule has 4 aliphatic rings. The highest BCUT2D eigenvalue weighted by Gasteiger charge is 2.39.